The first kappa shape index (κ1) is 24.8. The van der Waals surface area contributed by atoms with Crippen molar-refractivity contribution in [2.75, 3.05) is 11.1 Å². The number of nitrogens with one attached hydrogen (secondary N) is 3. The molecule has 0 radical (unpaired) electrons. The maximum atomic E-state index is 11.6. The summed E-state index contributed by atoms with van der Waals surface area (Å²) in [5.41, 5.74) is 7.90. The minimum Gasteiger partial charge on any atom is -0.382 e. The molecule has 0 unspecified atom stereocenters. The molecule has 5 aromatic rings. The highest BCUT2D eigenvalue weighted by atomic mass is 32.1. The number of pyridine rings is 2. The van der Waals surface area contributed by atoms with Gasteiger partial charge >= 0.3 is 11.4 Å². The van der Waals surface area contributed by atoms with Crippen molar-refractivity contribution < 1.29 is 0 Å². The largest absolute Gasteiger partial charge is 0.382 e. The van der Waals surface area contributed by atoms with Crippen molar-refractivity contribution in [2.45, 2.75) is 14.9 Å². The van der Waals surface area contributed by atoms with Gasteiger partial charge in [0.1, 0.15) is 27.8 Å². The van der Waals surface area contributed by atoms with Crippen molar-refractivity contribution in [3.05, 3.63) is 56.6 Å². The van der Waals surface area contributed by atoms with E-state index >= 15 is 0 Å². The normalized spacial score (nSPS) is 9.97. The lowest BCUT2D eigenvalue weighted by Crippen LogP contribution is -2.11. The molecule has 0 fully saturated rings. The molecule has 0 bridgehead atoms. The fourth-order valence-corrected chi connectivity index (χ4v) is 3.52. The molecule has 0 atom stereocenters. The number of nitrogen functional groups attached to an aromatic ring is 1. The molecular formula is C20H24N10O2S. The molecule has 5 N–H and O–H groups in total. The Morgan fingerprint density at radius 3 is 2.15 bits per heavy atom. The van der Waals surface area contributed by atoms with E-state index in [9.17, 15) is 9.59 Å². The summed E-state index contributed by atoms with van der Waals surface area (Å²) in [5, 5.41) is 12.3. The van der Waals surface area contributed by atoms with Crippen LogP contribution in [-0.2, 0) is 14.1 Å². The smallest absolute Gasteiger partial charge is 0.326 e. The Labute approximate surface area is 192 Å². The van der Waals surface area contributed by atoms with Crippen LogP contribution in [0.2, 0.25) is 0 Å². The van der Waals surface area contributed by atoms with Crippen LogP contribution in [0.1, 0.15) is 19.7 Å². The van der Waals surface area contributed by atoms with Gasteiger partial charge in [0.2, 0.25) is 0 Å². The number of nitrogens with two attached hydrogens (primary N) is 1. The summed E-state index contributed by atoms with van der Waals surface area (Å²) in [4.78, 5) is 40.7. The lowest BCUT2D eigenvalue weighted by Gasteiger charge is -2.02. The van der Waals surface area contributed by atoms with E-state index in [0.717, 1.165) is 11.0 Å². The molecule has 0 aromatic carbocycles. The Kier molecular flexibility index (Phi) is 7.37. The van der Waals surface area contributed by atoms with Gasteiger partial charge in [0, 0.05) is 26.5 Å². The van der Waals surface area contributed by atoms with Crippen molar-refractivity contribution in [1.29, 1.82) is 5.26 Å². The van der Waals surface area contributed by atoms with Gasteiger partial charge in [-0.3, -0.25) is 9.13 Å². The molecule has 0 amide bonds. The average molecular weight is 469 g/mol. The van der Waals surface area contributed by atoms with Gasteiger partial charge in [-0.05, 0) is 12.1 Å². The molecular weight excluding hydrogens is 444 g/mol. The molecule has 0 saturated carbocycles. The number of hydrogen-bond donors (Lipinski definition) is 4. The van der Waals surface area contributed by atoms with Crippen LogP contribution in [0, 0.1) is 11.3 Å². The maximum absolute atomic E-state index is 11.6. The fraction of sp³-hybridized carbons (Fsp3) is 0.200. The number of rotatable bonds is 2. The van der Waals surface area contributed by atoms with Gasteiger partial charge in [0.15, 0.2) is 10.9 Å². The summed E-state index contributed by atoms with van der Waals surface area (Å²) < 4.78 is 3.00. The number of thiazole rings is 1. The van der Waals surface area contributed by atoms with Crippen LogP contribution in [-0.4, -0.2) is 34.1 Å². The molecule has 5 heterocycles. The Hall–Kier alpha value is -4.44. The molecule has 13 heteroatoms. The minimum atomic E-state index is -0.206. The van der Waals surface area contributed by atoms with Crippen molar-refractivity contribution in [1.82, 2.24) is 34.1 Å². The topological polar surface area (TPSA) is 176 Å². The zero-order chi connectivity index (χ0) is 22.1. The summed E-state index contributed by atoms with van der Waals surface area (Å²) >= 11 is 1.23. The Bertz CT molecular complexity index is 1560. The third kappa shape index (κ3) is 4.60. The predicted molar refractivity (Wildman–Crippen MR) is 131 cm³/mol. The Balaban J connectivity index is 0.000000240. The molecule has 0 aliphatic carbocycles. The number of hydrogen-bond acceptors (Lipinski definition) is 9. The number of anilines is 3. The van der Waals surface area contributed by atoms with Crippen LogP contribution in [0.4, 0.5) is 16.8 Å². The number of nitriles is 1. The lowest BCUT2D eigenvalue weighted by molar-refractivity contribution is 0.891. The van der Waals surface area contributed by atoms with E-state index in [1.54, 1.807) is 38.6 Å². The number of nitrogens with zero attached hydrogens (tertiary/aromatic N) is 6. The third-order valence-electron chi connectivity index (χ3n) is 4.52. The highest BCUT2D eigenvalue weighted by molar-refractivity contribution is 7.16. The highest BCUT2D eigenvalue weighted by Gasteiger charge is 2.10. The number of fused-ring (bicyclic) bond motifs is 2. The molecule has 5 rings (SSSR count). The SMILES string of the molecule is C.C.Cn1c(=O)[nH]c2c(N)nccc21.Cn1c(=O)[nH]c2c(Nc3ncc(C#N)s3)nccc21. The zero-order valence-corrected chi connectivity index (χ0v) is 17.2. The number of aromatic amines is 2. The number of imidazole rings is 2. The van der Waals surface area contributed by atoms with E-state index in [1.807, 2.05) is 6.07 Å². The van der Waals surface area contributed by atoms with Gasteiger partial charge in [-0.1, -0.05) is 26.2 Å². The summed E-state index contributed by atoms with van der Waals surface area (Å²) in [6.45, 7) is 0. The maximum Gasteiger partial charge on any atom is 0.326 e. The van der Waals surface area contributed by atoms with Crippen LogP contribution >= 0.6 is 11.3 Å². The second-order valence-corrected chi connectivity index (χ2v) is 7.42. The van der Waals surface area contributed by atoms with Crippen molar-refractivity contribution >= 4 is 50.2 Å². The van der Waals surface area contributed by atoms with Gasteiger partial charge in [0.25, 0.3) is 0 Å². The van der Waals surface area contributed by atoms with Gasteiger partial charge in [0.05, 0.1) is 17.2 Å². The third-order valence-corrected chi connectivity index (χ3v) is 5.34. The van der Waals surface area contributed by atoms with Gasteiger partial charge in [-0.25, -0.2) is 24.5 Å². The molecule has 172 valence electrons. The molecule has 5 aromatic heterocycles. The van der Waals surface area contributed by atoms with Crippen LogP contribution in [0.3, 0.4) is 0 Å². The van der Waals surface area contributed by atoms with Crippen molar-refractivity contribution in [3.8, 4) is 6.07 Å². The van der Waals surface area contributed by atoms with E-state index in [2.05, 4.69) is 30.2 Å². The number of aromatic nitrogens is 7. The second-order valence-electron chi connectivity index (χ2n) is 6.39. The van der Waals surface area contributed by atoms with Gasteiger partial charge in [-0.15, -0.1) is 0 Å². The van der Waals surface area contributed by atoms with E-state index < -0.39 is 0 Å². The van der Waals surface area contributed by atoms with Crippen LogP contribution < -0.4 is 22.4 Å². The lowest BCUT2D eigenvalue weighted by atomic mass is 10.4. The van der Waals surface area contributed by atoms with Gasteiger partial charge < -0.3 is 21.0 Å². The molecule has 0 saturated heterocycles. The van der Waals surface area contributed by atoms with E-state index in [4.69, 9.17) is 11.0 Å². The minimum absolute atomic E-state index is 0. The van der Waals surface area contributed by atoms with E-state index in [-0.39, 0.29) is 26.2 Å². The molecule has 0 aliphatic heterocycles. The van der Waals surface area contributed by atoms with E-state index in [0.29, 0.717) is 32.7 Å². The van der Waals surface area contributed by atoms with Crippen LogP contribution in [0.5, 0.6) is 0 Å². The monoisotopic (exact) mass is 468 g/mol. The molecule has 33 heavy (non-hydrogen) atoms. The summed E-state index contributed by atoms with van der Waals surface area (Å²) in [6.07, 6.45) is 4.67. The zero-order valence-electron chi connectivity index (χ0n) is 16.4. The fourth-order valence-electron chi connectivity index (χ4n) is 2.91. The quantitative estimate of drug-likeness (QED) is 0.305. The number of aryl methyl sites for hydroxylation is 2. The van der Waals surface area contributed by atoms with E-state index in [1.165, 1.54) is 26.7 Å². The summed E-state index contributed by atoms with van der Waals surface area (Å²) in [7, 11) is 3.36. The first-order valence-electron chi connectivity index (χ1n) is 8.85. The highest BCUT2D eigenvalue weighted by Crippen LogP contribution is 2.24. The number of H-pyrrole nitrogens is 2. The predicted octanol–water partition coefficient (Wildman–Crippen LogP) is 2.45. The van der Waals surface area contributed by atoms with Crippen molar-refractivity contribution in [3.63, 3.8) is 0 Å². The first-order chi connectivity index (χ1) is 14.9. The molecule has 12 nitrogen and oxygen atoms in total. The van der Waals surface area contributed by atoms with Crippen molar-refractivity contribution in [2.24, 2.45) is 14.1 Å². The average Bonchev–Trinajstić information content (AvgIpc) is 3.42. The summed E-state index contributed by atoms with van der Waals surface area (Å²) in [6, 6.07) is 5.51. The Morgan fingerprint density at radius 2 is 1.58 bits per heavy atom. The van der Waals surface area contributed by atoms with Crippen LogP contribution in [0.25, 0.3) is 22.1 Å². The standard InChI is InChI=1S/C11H8N6OS.C7H8N4O.2CH4/c1-17-7-2-3-13-9(8(7)15-11(17)18)16-10-14-5-6(4-12)19-10;1-11-4-2-3-9-6(8)5(4)10-7(11)12;;/h2-3,5H,1H3,(H,15,18)(H,13,14,16);2-3H,1H3,(H2,8,9)(H,10,12);2*1H4. The molecule has 0 spiro atoms. The second kappa shape index (κ2) is 9.79. The first-order valence-corrected chi connectivity index (χ1v) is 9.66. The van der Waals surface area contributed by atoms with Gasteiger partial charge in [-0.2, -0.15) is 5.26 Å². The summed E-state index contributed by atoms with van der Waals surface area (Å²) in [5.74, 6) is 0.860. The Morgan fingerprint density at radius 1 is 1.00 bits per heavy atom. The molecule has 0 aliphatic rings. The van der Waals surface area contributed by atoms with Crippen LogP contribution in [0.15, 0.2) is 40.3 Å².